The van der Waals surface area contributed by atoms with Crippen LogP contribution in [0.3, 0.4) is 0 Å². The van der Waals surface area contributed by atoms with Crippen LogP contribution in [0.5, 0.6) is 0 Å². The molecule has 0 fully saturated rings. The first kappa shape index (κ1) is 21.1. The summed E-state index contributed by atoms with van der Waals surface area (Å²) in [7, 11) is 0. The number of hydrogen-bond acceptors (Lipinski definition) is 4. The third-order valence-electron chi connectivity index (χ3n) is 4.08. The molecule has 7 nitrogen and oxygen atoms in total. The van der Waals surface area contributed by atoms with E-state index in [0.29, 0.717) is 24.4 Å². The van der Waals surface area contributed by atoms with Gasteiger partial charge >= 0.3 is 5.69 Å². The lowest BCUT2D eigenvalue weighted by Crippen LogP contribution is -2.41. The lowest BCUT2D eigenvalue weighted by Gasteiger charge is -2.24. The predicted octanol–water partition coefficient (Wildman–Crippen LogP) is 3.28. The molecule has 0 aliphatic rings. The Labute approximate surface area is 166 Å². The molecule has 1 amide bonds. The van der Waals surface area contributed by atoms with Crippen molar-refractivity contribution in [2.24, 2.45) is 0 Å². The van der Waals surface area contributed by atoms with Crippen LogP contribution in [0, 0.1) is 0 Å². The van der Waals surface area contributed by atoms with Gasteiger partial charge in [0.15, 0.2) is 5.69 Å². The Morgan fingerprint density at radius 2 is 1.89 bits per heavy atom. The second-order valence-corrected chi connectivity index (χ2v) is 6.90. The molecule has 1 aromatic carbocycles. The summed E-state index contributed by atoms with van der Waals surface area (Å²) in [6.45, 7) is 4.45. The lowest BCUT2D eigenvalue weighted by molar-refractivity contribution is 0.0986. The van der Waals surface area contributed by atoms with E-state index in [-0.39, 0.29) is 28.6 Å². The SMILES string of the molecule is CCCCn1c(N)c(N(CCC)C(=O)c2ccc(Cl)c(Cl)c2)c(=O)[nH]c1=O. The van der Waals surface area contributed by atoms with E-state index in [9.17, 15) is 14.4 Å². The van der Waals surface area contributed by atoms with Gasteiger partial charge in [-0.25, -0.2) is 4.79 Å². The van der Waals surface area contributed by atoms with Gasteiger partial charge in [-0.15, -0.1) is 0 Å². The van der Waals surface area contributed by atoms with Gasteiger partial charge < -0.3 is 10.6 Å². The van der Waals surface area contributed by atoms with Crippen molar-refractivity contribution >= 4 is 40.6 Å². The van der Waals surface area contributed by atoms with Crippen molar-refractivity contribution in [3.63, 3.8) is 0 Å². The zero-order valence-electron chi connectivity index (χ0n) is 15.2. The van der Waals surface area contributed by atoms with Crippen LogP contribution in [0.4, 0.5) is 11.5 Å². The van der Waals surface area contributed by atoms with Crippen LogP contribution in [0.25, 0.3) is 0 Å². The summed E-state index contributed by atoms with van der Waals surface area (Å²) in [4.78, 5) is 41.2. The first-order valence-corrected chi connectivity index (χ1v) is 9.46. The molecule has 0 spiro atoms. The van der Waals surface area contributed by atoms with Crippen LogP contribution >= 0.6 is 23.2 Å². The first-order valence-electron chi connectivity index (χ1n) is 8.71. The third kappa shape index (κ3) is 4.54. The van der Waals surface area contributed by atoms with Crippen molar-refractivity contribution in [3.05, 3.63) is 54.6 Å². The van der Waals surface area contributed by atoms with E-state index in [1.165, 1.54) is 27.7 Å². The van der Waals surface area contributed by atoms with Gasteiger partial charge in [0.1, 0.15) is 5.82 Å². The van der Waals surface area contributed by atoms with Gasteiger partial charge in [-0.05, 0) is 31.0 Å². The molecule has 0 saturated carbocycles. The number of carbonyl (C=O) groups excluding carboxylic acids is 1. The van der Waals surface area contributed by atoms with Gasteiger partial charge in [0.05, 0.1) is 10.0 Å². The fourth-order valence-electron chi connectivity index (χ4n) is 2.70. The van der Waals surface area contributed by atoms with Crippen LogP contribution in [-0.4, -0.2) is 22.0 Å². The summed E-state index contributed by atoms with van der Waals surface area (Å²) in [5.41, 5.74) is 5.07. The van der Waals surface area contributed by atoms with Gasteiger partial charge in [-0.2, -0.15) is 0 Å². The first-order chi connectivity index (χ1) is 12.8. The number of halogens is 2. The molecule has 9 heteroatoms. The highest BCUT2D eigenvalue weighted by Gasteiger charge is 2.25. The average molecular weight is 413 g/mol. The highest BCUT2D eigenvalue weighted by atomic mass is 35.5. The maximum Gasteiger partial charge on any atom is 0.330 e. The van der Waals surface area contributed by atoms with Gasteiger partial charge in [0.25, 0.3) is 11.5 Å². The molecule has 3 N–H and O–H groups in total. The summed E-state index contributed by atoms with van der Waals surface area (Å²) in [5, 5.41) is 0.550. The van der Waals surface area contributed by atoms with Crippen molar-refractivity contribution in [1.82, 2.24) is 9.55 Å². The van der Waals surface area contributed by atoms with Gasteiger partial charge in [0, 0.05) is 18.7 Å². The highest BCUT2D eigenvalue weighted by molar-refractivity contribution is 6.42. The Hall–Kier alpha value is -2.25. The molecule has 1 heterocycles. The number of carbonyl (C=O) groups is 1. The van der Waals surface area contributed by atoms with Crippen LogP contribution in [0.15, 0.2) is 27.8 Å². The average Bonchev–Trinajstić information content (AvgIpc) is 2.62. The molecule has 0 unspecified atom stereocenters. The zero-order chi connectivity index (χ0) is 20.1. The molecule has 2 aromatic rings. The number of amides is 1. The monoisotopic (exact) mass is 412 g/mol. The number of nitrogens with zero attached hydrogens (tertiary/aromatic N) is 2. The number of H-pyrrole nitrogens is 1. The van der Waals surface area contributed by atoms with Crippen molar-refractivity contribution in [1.29, 1.82) is 0 Å². The quantitative estimate of drug-likeness (QED) is 0.727. The maximum atomic E-state index is 13.0. The minimum absolute atomic E-state index is 0.0286. The maximum absolute atomic E-state index is 13.0. The fraction of sp³-hybridized carbons (Fsp3) is 0.389. The van der Waals surface area contributed by atoms with E-state index in [0.717, 1.165) is 6.42 Å². The van der Waals surface area contributed by atoms with E-state index >= 15 is 0 Å². The molecule has 0 radical (unpaired) electrons. The second kappa shape index (κ2) is 9.10. The Morgan fingerprint density at radius 1 is 1.19 bits per heavy atom. The zero-order valence-corrected chi connectivity index (χ0v) is 16.7. The Morgan fingerprint density at radius 3 is 2.48 bits per heavy atom. The third-order valence-corrected chi connectivity index (χ3v) is 4.82. The topological polar surface area (TPSA) is 101 Å². The van der Waals surface area contributed by atoms with Crippen molar-refractivity contribution in [3.8, 4) is 0 Å². The van der Waals surface area contributed by atoms with E-state index < -0.39 is 17.2 Å². The van der Waals surface area contributed by atoms with E-state index in [2.05, 4.69) is 4.98 Å². The van der Waals surface area contributed by atoms with Crippen LogP contribution < -0.4 is 21.9 Å². The number of nitrogen functional groups attached to an aromatic ring is 1. The number of nitrogens with two attached hydrogens (primary N) is 1. The number of anilines is 2. The summed E-state index contributed by atoms with van der Waals surface area (Å²) in [6, 6.07) is 4.47. The smallest absolute Gasteiger partial charge is 0.330 e. The minimum atomic E-state index is -0.702. The number of hydrogen-bond donors (Lipinski definition) is 2. The van der Waals surface area contributed by atoms with Gasteiger partial charge in [-0.3, -0.25) is 19.1 Å². The Kier molecular flexibility index (Phi) is 7.10. The lowest BCUT2D eigenvalue weighted by atomic mass is 10.2. The number of benzene rings is 1. The number of rotatable bonds is 7. The number of aromatic nitrogens is 2. The molecule has 0 aliphatic heterocycles. The van der Waals surface area contributed by atoms with Crippen molar-refractivity contribution in [2.45, 2.75) is 39.7 Å². The molecular formula is C18H22Cl2N4O3. The summed E-state index contributed by atoms with van der Waals surface area (Å²) < 4.78 is 1.28. The molecule has 0 saturated heterocycles. The molecule has 0 atom stereocenters. The number of nitrogens with one attached hydrogen (secondary N) is 1. The molecule has 0 bridgehead atoms. The molecular weight excluding hydrogens is 391 g/mol. The van der Waals surface area contributed by atoms with Crippen LogP contribution in [0.1, 0.15) is 43.5 Å². The van der Waals surface area contributed by atoms with Crippen molar-refractivity contribution < 1.29 is 4.79 Å². The van der Waals surface area contributed by atoms with E-state index in [1.54, 1.807) is 0 Å². The molecule has 27 heavy (non-hydrogen) atoms. The minimum Gasteiger partial charge on any atom is -0.383 e. The summed E-state index contributed by atoms with van der Waals surface area (Å²) in [6.07, 6.45) is 2.14. The Bertz CT molecular complexity index is 953. The fourth-order valence-corrected chi connectivity index (χ4v) is 3.00. The van der Waals surface area contributed by atoms with Crippen molar-refractivity contribution in [2.75, 3.05) is 17.2 Å². The predicted molar refractivity (Wildman–Crippen MR) is 109 cm³/mol. The molecule has 146 valence electrons. The molecule has 0 aliphatic carbocycles. The molecule has 2 rings (SSSR count). The standard InChI is InChI=1S/C18H22Cl2N4O3/c1-3-5-9-24-15(21)14(16(25)22-18(24)27)23(8-4-2)17(26)11-6-7-12(19)13(20)10-11/h6-7,10H,3-5,8-9,21H2,1-2H3,(H,22,25,27). The van der Waals surface area contributed by atoms with E-state index in [1.807, 2.05) is 13.8 Å². The summed E-state index contributed by atoms with van der Waals surface area (Å²) in [5.74, 6) is -0.479. The number of unbranched alkanes of at least 4 members (excludes halogenated alkanes) is 1. The van der Waals surface area contributed by atoms with Gasteiger partial charge in [0.2, 0.25) is 0 Å². The van der Waals surface area contributed by atoms with Crippen LogP contribution in [0.2, 0.25) is 10.0 Å². The Balaban J connectivity index is 2.58. The second-order valence-electron chi connectivity index (χ2n) is 6.08. The molecule has 1 aromatic heterocycles. The largest absolute Gasteiger partial charge is 0.383 e. The van der Waals surface area contributed by atoms with Crippen LogP contribution in [-0.2, 0) is 6.54 Å². The van der Waals surface area contributed by atoms with Gasteiger partial charge in [-0.1, -0.05) is 43.5 Å². The highest BCUT2D eigenvalue weighted by Crippen LogP contribution is 2.25. The normalized spacial score (nSPS) is 10.8. The number of aromatic amines is 1. The van der Waals surface area contributed by atoms with E-state index in [4.69, 9.17) is 28.9 Å². The summed E-state index contributed by atoms with van der Waals surface area (Å²) >= 11 is 11.9.